The Morgan fingerprint density at radius 2 is 2.08 bits per heavy atom. The maximum absolute atomic E-state index is 10.2. The molecule has 0 rings (SSSR count). The molecule has 1 unspecified atom stereocenters. The van der Waals surface area contributed by atoms with Gasteiger partial charge in [-0.2, -0.15) is 11.8 Å². The molecule has 5 nitrogen and oxygen atoms in total. The lowest BCUT2D eigenvalue weighted by Crippen LogP contribution is -2.33. The van der Waals surface area contributed by atoms with Crippen molar-refractivity contribution < 1.29 is 20.1 Å². The molecule has 0 aliphatic heterocycles. The first-order valence-electron chi connectivity index (χ1n) is 3.43. The Labute approximate surface area is 74.6 Å². The predicted molar refractivity (Wildman–Crippen MR) is 46.0 cm³/mol. The highest BCUT2D eigenvalue weighted by Gasteiger charge is 2.11. The summed E-state index contributed by atoms with van der Waals surface area (Å²) >= 11 is 1.21. The van der Waals surface area contributed by atoms with Crippen LogP contribution in [0, 0.1) is 0 Å². The number of carbonyl (C=O) groups is 1. The summed E-state index contributed by atoms with van der Waals surface area (Å²) < 4.78 is 0. The zero-order valence-corrected chi connectivity index (χ0v) is 7.33. The summed E-state index contributed by atoms with van der Waals surface area (Å²) in [5.74, 6) is -0.509. The van der Waals surface area contributed by atoms with Gasteiger partial charge >= 0.3 is 5.97 Å². The maximum atomic E-state index is 10.2. The highest BCUT2D eigenvalue weighted by atomic mass is 32.2. The Kier molecular flexibility index (Phi) is 6.09. The van der Waals surface area contributed by atoms with Crippen LogP contribution >= 0.6 is 11.8 Å². The number of thioether (sulfide) groups is 1. The van der Waals surface area contributed by atoms with Crippen LogP contribution < -0.4 is 5.73 Å². The van der Waals surface area contributed by atoms with E-state index in [2.05, 4.69) is 0 Å². The molecule has 0 amide bonds. The molecule has 0 heterocycles. The van der Waals surface area contributed by atoms with E-state index in [1.165, 1.54) is 11.8 Å². The van der Waals surface area contributed by atoms with E-state index in [4.69, 9.17) is 21.1 Å². The molecule has 0 saturated carbocycles. The van der Waals surface area contributed by atoms with Gasteiger partial charge in [0, 0.05) is 11.5 Å². The molecule has 0 aromatic carbocycles. The third-order valence-electron chi connectivity index (χ3n) is 1.14. The number of nitrogens with two attached hydrogens (primary N) is 1. The normalized spacial score (nSPS) is 15.6. The highest BCUT2D eigenvalue weighted by Crippen LogP contribution is 2.03. The van der Waals surface area contributed by atoms with Crippen molar-refractivity contribution in [2.45, 2.75) is 12.1 Å². The van der Waals surface area contributed by atoms with Crippen molar-refractivity contribution in [1.82, 2.24) is 0 Å². The van der Waals surface area contributed by atoms with E-state index in [1.54, 1.807) is 0 Å². The van der Waals surface area contributed by atoms with Gasteiger partial charge in [0.25, 0.3) is 0 Å². The Hall–Kier alpha value is -0.300. The second kappa shape index (κ2) is 6.24. The standard InChI is InChI=1S/C6H13NO4S/c7-5(6(10)11)3-12-2-4(9)1-8/h4-5,8-9H,1-3,7H2,(H,10,11)/t4?,5-/m0/s1. The molecule has 0 aliphatic carbocycles. The minimum absolute atomic E-state index is 0.242. The van der Waals surface area contributed by atoms with Crippen LogP contribution in [0.5, 0.6) is 0 Å². The van der Waals surface area contributed by atoms with Crippen LogP contribution in [0.3, 0.4) is 0 Å². The molecular weight excluding hydrogens is 182 g/mol. The second-order valence-corrected chi connectivity index (χ2v) is 3.39. The molecule has 72 valence electrons. The van der Waals surface area contributed by atoms with Crippen LogP contribution in [-0.4, -0.2) is 51.5 Å². The number of aliphatic hydroxyl groups excluding tert-OH is 2. The number of hydrogen-bond acceptors (Lipinski definition) is 5. The number of rotatable bonds is 6. The van der Waals surface area contributed by atoms with Crippen molar-refractivity contribution in [2.24, 2.45) is 5.73 Å². The highest BCUT2D eigenvalue weighted by molar-refractivity contribution is 7.99. The van der Waals surface area contributed by atoms with Gasteiger partial charge in [-0.1, -0.05) is 0 Å². The largest absolute Gasteiger partial charge is 0.480 e. The van der Waals surface area contributed by atoms with Crippen molar-refractivity contribution in [3.8, 4) is 0 Å². The molecule has 0 aromatic rings. The third kappa shape index (κ3) is 5.36. The van der Waals surface area contributed by atoms with Crippen molar-refractivity contribution in [2.75, 3.05) is 18.1 Å². The molecule has 5 N–H and O–H groups in total. The van der Waals surface area contributed by atoms with Gasteiger partial charge in [-0.3, -0.25) is 4.79 Å². The molecule has 0 bridgehead atoms. The van der Waals surface area contributed by atoms with Crippen molar-refractivity contribution in [3.63, 3.8) is 0 Å². The van der Waals surface area contributed by atoms with E-state index in [1.807, 2.05) is 0 Å². The van der Waals surface area contributed by atoms with Gasteiger partial charge in [-0.15, -0.1) is 0 Å². The quantitative estimate of drug-likeness (QED) is 0.410. The zero-order chi connectivity index (χ0) is 9.56. The summed E-state index contributed by atoms with van der Waals surface area (Å²) in [5.41, 5.74) is 5.18. The van der Waals surface area contributed by atoms with Crippen LogP contribution in [-0.2, 0) is 4.79 Å². The summed E-state index contributed by atoms with van der Waals surface area (Å²) in [5, 5.41) is 25.6. The predicted octanol–water partition coefficient (Wildman–Crippen LogP) is -1.52. The Bertz CT molecular complexity index is 144. The molecular formula is C6H13NO4S. The summed E-state index contributed by atoms with van der Waals surface area (Å²) in [6.07, 6.45) is -0.795. The van der Waals surface area contributed by atoms with Crippen molar-refractivity contribution in [1.29, 1.82) is 0 Å². The van der Waals surface area contributed by atoms with E-state index in [0.29, 0.717) is 5.75 Å². The lowest BCUT2D eigenvalue weighted by atomic mass is 10.4. The number of carboxylic acids is 1. The summed E-state index contributed by atoms with van der Waals surface area (Å²) in [6, 6.07) is -0.902. The molecule has 0 aliphatic rings. The van der Waals surface area contributed by atoms with Gasteiger partial charge in [0.15, 0.2) is 0 Å². The Morgan fingerprint density at radius 3 is 2.50 bits per heavy atom. The summed E-state index contributed by atoms with van der Waals surface area (Å²) in [6.45, 7) is -0.310. The molecule has 12 heavy (non-hydrogen) atoms. The maximum Gasteiger partial charge on any atom is 0.321 e. The smallest absolute Gasteiger partial charge is 0.321 e. The number of carboxylic acid groups (broad SMARTS) is 1. The molecule has 0 saturated heterocycles. The molecule has 2 atom stereocenters. The Balaban J connectivity index is 3.37. The van der Waals surface area contributed by atoms with Gasteiger partial charge in [0.05, 0.1) is 12.7 Å². The minimum Gasteiger partial charge on any atom is -0.480 e. The second-order valence-electron chi connectivity index (χ2n) is 2.32. The van der Waals surface area contributed by atoms with Gasteiger partial charge in [0.2, 0.25) is 0 Å². The lowest BCUT2D eigenvalue weighted by molar-refractivity contribution is -0.137. The average Bonchev–Trinajstić information content (AvgIpc) is 2.03. The van der Waals surface area contributed by atoms with E-state index in [0.717, 1.165) is 0 Å². The van der Waals surface area contributed by atoms with Crippen LogP contribution in [0.15, 0.2) is 0 Å². The fourth-order valence-electron chi connectivity index (χ4n) is 0.455. The SMILES string of the molecule is N[C@@H](CSCC(O)CO)C(=O)O. The van der Waals surface area contributed by atoms with Gasteiger partial charge in [-0.25, -0.2) is 0 Å². The van der Waals surface area contributed by atoms with Crippen LogP contribution in [0.2, 0.25) is 0 Å². The summed E-state index contributed by atoms with van der Waals surface area (Å²) in [4.78, 5) is 10.2. The van der Waals surface area contributed by atoms with Crippen LogP contribution in [0.4, 0.5) is 0 Å². The van der Waals surface area contributed by atoms with E-state index >= 15 is 0 Å². The molecule has 0 fully saturated rings. The van der Waals surface area contributed by atoms with Gasteiger partial charge in [-0.05, 0) is 0 Å². The van der Waals surface area contributed by atoms with E-state index in [9.17, 15) is 4.79 Å². The van der Waals surface area contributed by atoms with Crippen molar-refractivity contribution in [3.05, 3.63) is 0 Å². The molecule has 6 heteroatoms. The van der Waals surface area contributed by atoms with Crippen molar-refractivity contribution >= 4 is 17.7 Å². The molecule has 0 spiro atoms. The fourth-order valence-corrected chi connectivity index (χ4v) is 1.37. The fraction of sp³-hybridized carbons (Fsp3) is 0.833. The first kappa shape index (κ1) is 11.7. The van der Waals surface area contributed by atoms with E-state index in [-0.39, 0.29) is 12.4 Å². The zero-order valence-electron chi connectivity index (χ0n) is 6.51. The number of aliphatic carboxylic acids is 1. The minimum atomic E-state index is -1.05. The molecule has 0 aromatic heterocycles. The number of hydrogen-bond donors (Lipinski definition) is 4. The van der Waals surface area contributed by atoms with Gasteiger partial charge in [0.1, 0.15) is 6.04 Å². The van der Waals surface area contributed by atoms with Crippen LogP contribution in [0.1, 0.15) is 0 Å². The summed E-state index contributed by atoms with van der Waals surface area (Å²) in [7, 11) is 0. The Morgan fingerprint density at radius 1 is 1.50 bits per heavy atom. The molecule has 0 radical (unpaired) electrons. The lowest BCUT2D eigenvalue weighted by Gasteiger charge is -2.08. The van der Waals surface area contributed by atoms with E-state index < -0.39 is 18.1 Å². The van der Waals surface area contributed by atoms with Crippen LogP contribution in [0.25, 0.3) is 0 Å². The topological polar surface area (TPSA) is 104 Å². The third-order valence-corrected chi connectivity index (χ3v) is 2.35. The van der Waals surface area contributed by atoms with Gasteiger partial charge < -0.3 is 21.1 Å². The monoisotopic (exact) mass is 195 g/mol. The average molecular weight is 195 g/mol. The number of aliphatic hydroxyl groups is 2. The first-order chi connectivity index (χ1) is 5.57. The first-order valence-corrected chi connectivity index (χ1v) is 4.58.